The Morgan fingerprint density at radius 2 is 2.28 bits per heavy atom. The maximum absolute atomic E-state index is 11.2. The highest BCUT2D eigenvalue weighted by molar-refractivity contribution is 5.75. The number of hydrogen-bond donors (Lipinski definition) is 1. The van der Waals surface area contributed by atoms with E-state index in [1.165, 1.54) is 0 Å². The van der Waals surface area contributed by atoms with E-state index in [1.54, 1.807) is 0 Å². The summed E-state index contributed by atoms with van der Waals surface area (Å²) < 4.78 is 7.71. The molecule has 1 aromatic heterocycles. The first-order chi connectivity index (χ1) is 8.75. The van der Waals surface area contributed by atoms with E-state index < -0.39 is 11.9 Å². The number of carboxylic acids is 1. The van der Waals surface area contributed by atoms with Crippen molar-refractivity contribution in [1.29, 1.82) is 0 Å². The average Bonchev–Trinajstić information content (AvgIpc) is 2.83. The van der Waals surface area contributed by atoms with Crippen LogP contribution in [0, 0.1) is 0 Å². The number of imidazole rings is 1. The highest BCUT2D eigenvalue weighted by atomic mass is 16.5. The third-order valence-corrected chi connectivity index (χ3v) is 3.84. The van der Waals surface area contributed by atoms with E-state index in [2.05, 4.69) is 4.98 Å². The Balaban J connectivity index is 1.88. The van der Waals surface area contributed by atoms with Crippen molar-refractivity contribution in [2.75, 3.05) is 6.61 Å². The van der Waals surface area contributed by atoms with E-state index in [0.717, 1.165) is 44.5 Å². The molecular formula is C13H18N2O3. The normalized spacial score (nSPS) is 27.8. The Morgan fingerprint density at radius 1 is 1.39 bits per heavy atom. The molecule has 98 valence electrons. The number of carboxylic acid groups (broad SMARTS) is 1. The molecule has 1 aromatic rings. The van der Waals surface area contributed by atoms with Crippen LogP contribution in [0.5, 0.6) is 0 Å². The lowest BCUT2D eigenvalue weighted by Gasteiger charge is -2.20. The minimum Gasteiger partial charge on any atom is -0.481 e. The minimum atomic E-state index is -0.766. The summed E-state index contributed by atoms with van der Waals surface area (Å²) in [5.41, 5.74) is 0.915. The van der Waals surface area contributed by atoms with Crippen molar-refractivity contribution in [1.82, 2.24) is 9.55 Å². The van der Waals surface area contributed by atoms with E-state index in [4.69, 9.17) is 4.74 Å². The molecule has 0 bridgehead atoms. The summed E-state index contributed by atoms with van der Waals surface area (Å²) in [6.45, 7) is 1.66. The van der Waals surface area contributed by atoms with Crippen molar-refractivity contribution < 1.29 is 14.6 Å². The van der Waals surface area contributed by atoms with Crippen molar-refractivity contribution >= 4 is 5.97 Å². The summed E-state index contributed by atoms with van der Waals surface area (Å²) in [6, 6.07) is 0. The van der Waals surface area contributed by atoms with Gasteiger partial charge in [-0.25, -0.2) is 4.98 Å². The van der Waals surface area contributed by atoms with Crippen molar-refractivity contribution in [2.24, 2.45) is 0 Å². The number of ether oxygens (including phenoxy) is 1. The average molecular weight is 250 g/mol. The lowest BCUT2D eigenvalue weighted by molar-refractivity contribution is -0.139. The molecule has 5 heteroatoms. The van der Waals surface area contributed by atoms with Gasteiger partial charge in [-0.15, -0.1) is 0 Å². The van der Waals surface area contributed by atoms with Crippen LogP contribution in [0.2, 0.25) is 0 Å². The highest BCUT2D eigenvalue weighted by Crippen LogP contribution is 2.32. The number of hydrogen-bond acceptors (Lipinski definition) is 3. The van der Waals surface area contributed by atoms with E-state index >= 15 is 0 Å². The summed E-state index contributed by atoms with van der Waals surface area (Å²) in [5, 5.41) is 9.22. The topological polar surface area (TPSA) is 64.3 Å². The molecule has 1 fully saturated rings. The minimum absolute atomic E-state index is 0.0614. The van der Waals surface area contributed by atoms with E-state index in [0.29, 0.717) is 12.2 Å². The molecule has 18 heavy (non-hydrogen) atoms. The smallest absolute Gasteiger partial charge is 0.314 e. The quantitative estimate of drug-likeness (QED) is 0.872. The Hall–Kier alpha value is -1.36. The van der Waals surface area contributed by atoms with Crippen LogP contribution in [0.3, 0.4) is 0 Å². The van der Waals surface area contributed by atoms with Gasteiger partial charge >= 0.3 is 5.97 Å². The van der Waals surface area contributed by atoms with Crippen molar-refractivity contribution in [3.05, 3.63) is 17.7 Å². The molecule has 5 nitrogen and oxygen atoms in total. The lowest BCUT2D eigenvalue weighted by atomic mass is 9.99. The number of carbonyl (C=O) groups is 1. The molecule has 0 saturated carbocycles. The van der Waals surface area contributed by atoms with Gasteiger partial charge in [0.25, 0.3) is 0 Å². The van der Waals surface area contributed by atoms with Gasteiger partial charge in [0, 0.05) is 19.3 Å². The highest BCUT2D eigenvalue weighted by Gasteiger charge is 2.30. The molecule has 0 amide bonds. The largest absolute Gasteiger partial charge is 0.481 e. The number of aliphatic carboxylic acids is 1. The first-order valence-electron chi connectivity index (χ1n) is 6.67. The van der Waals surface area contributed by atoms with Crippen molar-refractivity contribution in [3.8, 4) is 0 Å². The monoisotopic (exact) mass is 250 g/mol. The molecule has 2 aliphatic rings. The number of aryl methyl sites for hydroxylation is 1. The zero-order valence-electron chi connectivity index (χ0n) is 10.3. The van der Waals surface area contributed by atoms with Crippen LogP contribution in [0.4, 0.5) is 0 Å². The fraction of sp³-hybridized carbons (Fsp3) is 0.692. The maximum atomic E-state index is 11.2. The fourth-order valence-electron chi connectivity index (χ4n) is 2.87. The second kappa shape index (κ2) is 4.72. The molecule has 0 spiro atoms. The molecule has 2 unspecified atom stereocenters. The van der Waals surface area contributed by atoms with Crippen LogP contribution in [0.25, 0.3) is 0 Å². The van der Waals surface area contributed by atoms with E-state index in [1.807, 2.05) is 10.8 Å². The van der Waals surface area contributed by atoms with Crippen LogP contribution in [-0.2, 0) is 16.1 Å². The molecule has 1 N–H and O–H groups in total. The van der Waals surface area contributed by atoms with Gasteiger partial charge in [-0.3, -0.25) is 4.79 Å². The number of aromatic nitrogens is 2. The first kappa shape index (κ1) is 11.7. The van der Waals surface area contributed by atoms with Gasteiger partial charge in [0.15, 0.2) is 0 Å². The Labute approximate surface area is 106 Å². The standard InChI is InChI=1S/C13H18N2O3/c16-13(17)9-4-3-6-15-8-10(14-12(9)15)11-5-1-2-7-18-11/h8-9,11H,1-7H2,(H,16,17). The number of rotatable bonds is 2. The predicted molar refractivity (Wildman–Crippen MR) is 64.4 cm³/mol. The zero-order valence-corrected chi connectivity index (χ0v) is 10.3. The summed E-state index contributed by atoms with van der Waals surface area (Å²) in [7, 11) is 0. The molecule has 3 rings (SSSR count). The summed E-state index contributed by atoms with van der Waals surface area (Å²) >= 11 is 0. The second-order valence-electron chi connectivity index (χ2n) is 5.11. The van der Waals surface area contributed by atoms with Gasteiger partial charge in [-0.1, -0.05) is 0 Å². The summed E-state index contributed by atoms with van der Waals surface area (Å²) in [5.74, 6) is -0.508. The van der Waals surface area contributed by atoms with Crippen molar-refractivity contribution in [2.45, 2.75) is 50.7 Å². The van der Waals surface area contributed by atoms with Gasteiger partial charge < -0.3 is 14.4 Å². The molecule has 3 heterocycles. The molecule has 0 radical (unpaired) electrons. The summed E-state index contributed by atoms with van der Waals surface area (Å²) in [4.78, 5) is 15.8. The molecular weight excluding hydrogens is 232 g/mol. The molecule has 0 aliphatic carbocycles. The van der Waals surface area contributed by atoms with Crippen LogP contribution in [0.15, 0.2) is 6.20 Å². The van der Waals surface area contributed by atoms with Gasteiger partial charge in [0.2, 0.25) is 0 Å². The maximum Gasteiger partial charge on any atom is 0.314 e. The molecule has 2 aliphatic heterocycles. The fourth-order valence-corrected chi connectivity index (χ4v) is 2.87. The van der Waals surface area contributed by atoms with Gasteiger partial charge in [0.1, 0.15) is 17.8 Å². The van der Waals surface area contributed by atoms with Gasteiger partial charge in [0.05, 0.1) is 5.69 Å². The van der Waals surface area contributed by atoms with Crippen LogP contribution >= 0.6 is 0 Å². The van der Waals surface area contributed by atoms with Gasteiger partial charge in [-0.2, -0.15) is 0 Å². The van der Waals surface area contributed by atoms with Gasteiger partial charge in [-0.05, 0) is 32.1 Å². The molecule has 1 saturated heterocycles. The Morgan fingerprint density at radius 3 is 3.00 bits per heavy atom. The van der Waals surface area contributed by atoms with Crippen LogP contribution in [-0.4, -0.2) is 27.2 Å². The predicted octanol–water partition coefficient (Wildman–Crippen LogP) is 2.09. The summed E-state index contributed by atoms with van der Waals surface area (Å²) in [6.07, 6.45) is 6.92. The SMILES string of the molecule is O=C(O)C1CCCn2cc(C3CCCCO3)nc21. The van der Waals surface area contributed by atoms with E-state index in [-0.39, 0.29) is 6.10 Å². The van der Waals surface area contributed by atoms with Crippen LogP contribution in [0.1, 0.15) is 55.6 Å². The number of nitrogens with zero attached hydrogens (tertiary/aromatic N) is 2. The van der Waals surface area contributed by atoms with Crippen LogP contribution < -0.4 is 0 Å². The Bertz CT molecular complexity index is 449. The van der Waals surface area contributed by atoms with Crippen molar-refractivity contribution in [3.63, 3.8) is 0 Å². The zero-order chi connectivity index (χ0) is 12.5. The first-order valence-corrected chi connectivity index (χ1v) is 6.67. The lowest BCUT2D eigenvalue weighted by Crippen LogP contribution is -2.22. The Kier molecular flexibility index (Phi) is 3.07. The molecule has 0 aromatic carbocycles. The number of fused-ring (bicyclic) bond motifs is 1. The third-order valence-electron chi connectivity index (χ3n) is 3.84. The second-order valence-corrected chi connectivity index (χ2v) is 5.11. The molecule has 2 atom stereocenters. The van der Waals surface area contributed by atoms with E-state index in [9.17, 15) is 9.90 Å². The third kappa shape index (κ3) is 2.03.